The second-order valence-electron chi connectivity index (χ2n) is 4.57. The molecule has 112 valence electrons. The molecule has 2 N–H and O–H groups in total. The van der Waals surface area contributed by atoms with E-state index >= 15 is 0 Å². The number of sulfonamides is 1. The minimum absolute atomic E-state index is 0.124. The Morgan fingerprint density at radius 2 is 1.86 bits per heavy atom. The van der Waals surface area contributed by atoms with Gasteiger partial charge in [-0.1, -0.05) is 6.07 Å². The van der Waals surface area contributed by atoms with Crippen LogP contribution in [0, 0.1) is 13.8 Å². The molecule has 1 heterocycles. The van der Waals surface area contributed by atoms with Gasteiger partial charge in [0, 0.05) is 11.3 Å². The highest BCUT2D eigenvalue weighted by Crippen LogP contribution is 2.21. The number of nitrogens with one attached hydrogen (secondary N) is 2. The summed E-state index contributed by atoms with van der Waals surface area (Å²) < 4.78 is 31.2. The maximum absolute atomic E-state index is 12.0. The molecule has 0 aliphatic rings. The maximum Gasteiger partial charge on any atom is 0.291 e. The van der Waals surface area contributed by atoms with Crippen molar-refractivity contribution in [2.45, 2.75) is 18.7 Å². The fourth-order valence-corrected chi connectivity index (χ4v) is 2.86. The summed E-state index contributed by atoms with van der Waals surface area (Å²) in [5.41, 5.74) is 1.69. The summed E-state index contributed by atoms with van der Waals surface area (Å²) in [6.45, 7) is 3.44. The molecule has 0 radical (unpaired) electrons. The number of aryl methyl sites for hydroxylation is 2. The summed E-state index contributed by atoms with van der Waals surface area (Å²) in [5, 5.41) is 2.62. The quantitative estimate of drug-likeness (QED) is 0.905. The lowest BCUT2D eigenvalue weighted by Gasteiger charge is -2.10. The van der Waals surface area contributed by atoms with E-state index in [4.69, 9.17) is 4.42 Å². The van der Waals surface area contributed by atoms with Crippen LogP contribution in [0.15, 0.2) is 39.8 Å². The number of rotatable bonds is 4. The van der Waals surface area contributed by atoms with Crippen LogP contribution < -0.4 is 10.0 Å². The lowest BCUT2D eigenvalue weighted by atomic mass is 10.2. The van der Waals surface area contributed by atoms with Crippen LogP contribution in [0.1, 0.15) is 21.7 Å². The lowest BCUT2D eigenvalue weighted by molar-refractivity contribution is 0.0996. The molecule has 21 heavy (non-hydrogen) atoms. The SMILES string of the molecule is CNS(=O)(=O)c1cc(NC(=O)c2occc2C)ccc1C. The van der Waals surface area contributed by atoms with Crippen molar-refractivity contribution in [2.24, 2.45) is 0 Å². The standard InChI is InChI=1S/C14H16N2O4S/c1-9-4-5-11(8-12(9)21(18,19)15-3)16-14(17)13-10(2)6-7-20-13/h4-8,15H,1-3H3,(H,16,17). The van der Waals surface area contributed by atoms with Crippen LogP contribution in [0.5, 0.6) is 0 Å². The molecular weight excluding hydrogens is 292 g/mol. The highest BCUT2D eigenvalue weighted by Gasteiger charge is 2.17. The van der Waals surface area contributed by atoms with Gasteiger partial charge in [-0.15, -0.1) is 0 Å². The van der Waals surface area contributed by atoms with Crippen LogP contribution in [0.4, 0.5) is 5.69 Å². The number of benzene rings is 1. The second-order valence-corrected chi connectivity index (χ2v) is 6.43. The average Bonchev–Trinajstić information content (AvgIpc) is 2.87. The zero-order valence-electron chi connectivity index (χ0n) is 11.9. The Labute approximate surface area is 123 Å². The van der Waals surface area contributed by atoms with Gasteiger partial charge in [-0.3, -0.25) is 4.79 Å². The van der Waals surface area contributed by atoms with E-state index in [0.29, 0.717) is 16.8 Å². The summed E-state index contributed by atoms with van der Waals surface area (Å²) in [7, 11) is -2.23. The zero-order chi connectivity index (χ0) is 15.6. The van der Waals surface area contributed by atoms with E-state index in [1.807, 2.05) is 0 Å². The average molecular weight is 308 g/mol. The largest absolute Gasteiger partial charge is 0.459 e. The predicted octanol–water partition coefficient (Wildman–Crippen LogP) is 2.06. The maximum atomic E-state index is 12.0. The Hall–Kier alpha value is -2.12. The molecule has 0 unspecified atom stereocenters. The first-order valence-corrected chi connectivity index (χ1v) is 7.73. The van der Waals surface area contributed by atoms with Crippen LogP contribution >= 0.6 is 0 Å². The van der Waals surface area contributed by atoms with Crippen molar-refractivity contribution in [1.29, 1.82) is 0 Å². The van der Waals surface area contributed by atoms with Crippen LogP contribution in [-0.2, 0) is 10.0 Å². The van der Waals surface area contributed by atoms with Gasteiger partial charge >= 0.3 is 0 Å². The topological polar surface area (TPSA) is 88.4 Å². The Kier molecular flexibility index (Phi) is 4.15. The number of hydrogen-bond donors (Lipinski definition) is 2. The van der Waals surface area contributed by atoms with E-state index in [1.165, 1.54) is 19.4 Å². The first-order chi connectivity index (χ1) is 9.85. The van der Waals surface area contributed by atoms with Gasteiger partial charge in [-0.05, 0) is 44.7 Å². The third-order valence-electron chi connectivity index (χ3n) is 3.07. The third kappa shape index (κ3) is 3.14. The van der Waals surface area contributed by atoms with Gasteiger partial charge in [0.25, 0.3) is 5.91 Å². The van der Waals surface area contributed by atoms with Crippen molar-refractivity contribution >= 4 is 21.6 Å². The first-order valence-electron chi connectivity index (χ1n) is 6.25. The van der Waals surface area contributed by atoms with Gasteiger partial charge in [0.1, 0.15) is 0 Å². The Bertz CT molecular complexity index is 778. The van der Waals surface area contributed by atoms with E-state index in [2.05, 4.69) is 10.0 Å². The molecule has 1 aromatic carbocycles. The van der Waals surface area contributed by atoms with E-state index in [9.17, 15) is 13.2 Å². The van der Waals surface area contributed by atoms with Gasteiger partial charge in [0.2, 0.25) is 10.0 Å². The molecule has 0 bridgehead atoms. The van der Waals surface area contributed by atoms with E-state index in [1.54, 1.807) is 32.0 Å². The molecule has 0 saturated heterocycles. The van der Waals surface area contributed by atoms with Crippen molar-refractivity contribution in [1.82, 2.24) is 4.72 Å². The molecule has 2 rings (SSSR count). The summed E-state index contributed by atoms with van der Waals surface area (Å²) in [6.07, 6.45) is 1.43. The second kappa shape index (κ2) is 5.71. The number of carbonyl (C=O) groups is 1. The number of anilines is 1. The van der Waals surface area contributed by atoms with Crippen molar-refractivity contribution in [3.8, 4) is 0 Å². The molecule has 7 heteroatoms. The molecule has 1 amide bonds. The fourth-order valence-electron chi connectivity index (χ4n) is 1.87. The molecule has 6 nitrogen and oxygen atoms in total. The molecule has 1 aromatic heterocycles. The van der Waals surface area contributed by atoms with Gasteiger partial charge in [-0.25, -0.2) is 13.1 Å². The van der Waals surface area contributed by atoms with Gasteiger partial charge < -0.3 is 9.73 Å². The van der Waals surface area contributed by atoms with Crippen LogP contribution in [-0.4, -0.2) is 21.4 Å². The minimum Gasteiger partial charge on any atom is -0.459 e. The van der Waals surface area contributed by atoms with Gasteiger partial charge in [0.15, 0.2) is 5.76 Å². The van der Waals surface area contributed by atoms with E-state index in [0.717, 1.165) is 0 Å². The summed E-state index contributed by atoms with van der Waals surface area (Å²) in [5.74, 6) is -0.220. The highest BCUT2D eigenvalue weighted by molar-refractivity contribution is 7.89. The van der Waals surface area contributed by atoms with Gasteiger partial charge in [0.05, 0.1) is 11.2 Å². The van der Waals surface area contributed by atoms with Gasteiger partial charge in [-0.2, -0.15) is 0 Å². The monoisotopic (exact) mass is 308 g/mol. The highest BCUT2D eigenvalue weighted by atomic mass is 32.2. The Morgan fingerprint density at radius 1 is 1.14 bits per heavy atom. The predicted molar refractivity (Wildman–Crippen MR) is 78.8 cm³/mol. The Balaban J connectivity index is 2.33. The molecule has 2 aromatic rings. The number of amides is 1. The smallest absolute Gasteiger partial charge is 0.291 e. The first kappa shape index (κ1) is 15.3. The van der Waals surface area contributed by atoms with Crippen molar-refractivity contribution in [3.63, 3.8) is 0 Å². The third-order valence-corrected chi connectivity index (χ3v) is 4.63. The fraction of sp³-hybridized carbons (Fsp3) is 0.214. The van der Waals surface area contributed by atoms with E-state index in [-0.39, 0.29) is 10.7 Å². The van der Waals surface area contributed by atoms with Crippen LogP contribution in [0.3, 0.4) is 0 Å². The van der Waals surface area contributed by atoms with Crippen molar-refractivity contribution in [3.05, 3.63) is 47.4 Å². The summed E-state index contributed by atoms with van der Waals surface area (Å²) >= 11 is 0. The molecule has 0 atom stereocenters. The lowest BCUT2D eigenvalue weighted by Crippen LogP contribution is -2.20. The zero-order valence-corrected chi connectivity index (χ0v) is 12.7. The molecular formula is C14H16N2O4S. The normalized spacial score (nSPS) is 11.4. The summed E-state index contributed by atoms with van der Waals surface area (Å²) in [6, 6.07) is 6.37. The van der Waals surface area contributed by atoms with Crippen molar-refractivity contribution in [2.75, 3.05) is 12.4 Å². The van der Waals surface area contributed by atoms with Crippen molar-refractivity contribution < 1.29 is 17.6 Å². The minimum atomic E-state index is -3.57. The Morgan fingerprint density at radius 3 is 2.43 bits per heavy atom. The number of carbonyl (C=O) groups excluding carboxylic acids is 1. The molecule has 0 spiro atoms. The summed E-state index contributed by atoms with van der Waals surface area (Å²) in [4.78, 5) is 12.2. The molecule has 0 aliphatic heterocycles. The molecule has 0 aliphatic carbocycles. The molecule has 0 fully saturated rings. The van der Waals surface area contributed by atoms with Crippen LogP contribution in [0.25, 0.3) is 0 Å². The molecule has 0 saturated carbocycles. The van der Waals surface area contributed by atoms with E-state index < -0.39 is 15.9 Å². The number of hydrogen-bond acceptors (Lipinski definition) is 4. The van der Waals surface area contributed by atoms with Crippen LogP contribution in [0.2, 0.25) is 0 Å². The number of furan rings is 1.